The van der Waals surface area contributed by atoms with Crippen molar-refractivity contribution in [3.05, 3.63) is 35.7 Å². The van der Waals surface area contributed by atoms with Crippen molar-refractivity contribution in [2.45, 2.75) is 38.1 Å². The first-order chi connectivity index (χ1) is 9.15. The zero-order valence-corrected chi connectivity index (χ0v) is 10.9. The van der Waals surface area contributed by atoms with Crippen molar-refractivity contribution < 1.29 is 9.18 Å². The van der Waals surface area contributed by atoms with Gasteiger partial charge in [0.05, 0.1) is 5.69 Å². The van der Waals surface area contributed by atoms with Crippen molar-refractivity contribution in [2.24, 2.45) is 0 Å². The molecule has 1 saturated carbocycles. The van der Waals surface area contributed by atoms with Gasteiger partial charge >= 0.3 is 0 Å². The summed E-state index contributed by atoms with van der Waals surface area (Å²) in [5.74, 6) is -0.543. The average Bonchev–Trinajstić information content (AvgIpc) is 2.41. The van der Waals surface area contributed by atoms with Crippen LogP contribution in [-0.2, 0) is 4.79 Å². The molecule has 1 aromatic carbocycles. The van der Waals surface area contributed by atoms with E-state index < -0.39 is 5.82 Å². The molecular formula is C15H19FN2O. The van der Waals surface area contributed by atoms with E-state index in [0.29, 0.717) is 6.04 Å². The van der Waals surface area contributed by atoms with Crippen LogP contribution in [0, 0.1) is 5.82 Å². The monoisotopic (exact) mass is 262 g/mol. The molecule has 0 unspecified atom stereocenters. The number of hydrogen-bond donors (Lipinski definition) is 2. The van der Waals surface area contributed by atoms with Gasteiger partial charge in [-0.15, -0.1) is 0 Å². The van der Waals surface area contributed by atoms with Crippen molar-refractivity contribution in [2.75, 3.05) is 5.73 Å². The number of nitrogens with two attached hydrogens (primary N) is 1. The largest absolute Gasteiger partial charge is 0.396 e. The molecule has 1 aliphatic carbocycles. The third-order valence-electron chi connectivity index (χ3n) is 3.40. The van der Waals surface area contributed by atoms with E-state index in [0.717, 1.165) is 18.4 Å². The van der Waals surface area contributed by atoms with Gasteiger partial charge in [0, 0.05) is 12.1 Å². The lowest BCUT2D eigenvalue weighted by Crippen LogP contribution is -2.34. The third-order valence-corrected chi connectivity index (χ3v) is 3.40. The molecule has 0 bridgehead atoms. The number of carbonyl (C=O) groups is 1. The van der Waals surface area contributed by atoms with E-state index >= 15 is 0 Å². The molecule has 0 spiro atoms. The zero-order chi connectivity index (χ0) is 13.7. The summed E-state index contributed by atoms with van der Waals surface area (Å²) < 4.78 is 13.0. The Hall–Kier alpha value is -1.84. The summed E-state index contributed by atoms with van der Waals surface area (Å²) in [6.07, 6.45) is 8.87. The quantitative estimate of drug-likeness (QED) is 0.650. The normalized spacial score (nSPS) is 16.7. The maximum Gasteiger partial charge on any atom is 0.244 e. The highest BCUT2D eigenvalue weighted by atomic mass is 19.1. The number of amides is 1. The number of hydrogen-bond acceptors (Lipinski definition) is 2. The summed E-state index contributed by atoms with van der Waals surface area (Å²) in [7, 11) is 0. The first-order valence-corrected chi connectivity index (χ1v) is 6.69. The maximum absolute atomic E-state index is 13.0. The Morgan fingerprint density at radius 3 is 2.74 bits per heavy atom. The fourth-order valence-corrected chi connectivity index (χ4v) is 2.33. The second kappa shape index (κ2) is 6.36. The first-order valence-electron chi connectivity index (χ1n) is 6.69. The molecule has 102 valence electrons. The van der Waals surface area contributed by atoms with Crippen molar-refractivity contribution in [3.8, 4) is 0 Å². The highest BCUT2D eigenvalue weighted by Gasteiger charge is 2.14. The SMILES string of the molecule is Nc1cc(/C=C/C(=O)NC2CCCCC2)ccc1F. The van der Waals surface area contributed by atoms with Gasteiger partial charge in [-0.1, -0.05) is 25.3 Å². The summed E-state index contributed by atoms with van der Waals surface area (Å²) >= 11 is 0. The molecule has 3 nitrogen and oxygen atoms in total. The van der Waals surface area contributed by atoms with Gasteiger partial charge in [-0.25, -0.2) is 4.39 Å². The van der Waals surface area contributed by atoms with Crippen LogP contribution in [0.3, 0.4) is 0 Å². The second-order valence-electron chi connectivity index (χ2n) is 4.96. The molecule has 1 fully saturated rings. The van der Waals surface area contributed by atoms with Gasteiger partial charge in [-0.3, -0.25) is 4.79 Å². The predicted octanol–water partition coefficient (Wildman–Crippen LogP) is 2.87. The van der Waals surface area contributed by atoms with Gasteiger partial charge in [0.1, 0.15) is 5.82 Å². The van der Waals surface area contributed by atoms with E-state index in [1.807, 2.05) is 0 Å². The van der Waals surface area contributed by atoms with Gasteiger partial charge in [0.2, 0.25) is 5.91 Å². The summed E-state index contributed by atoms with van der Waals surface area (Å²) in [6, 6.07) is 4.70. The number of rotatable bonds is 3. The molecule has 0 atom stereocenters. The van der Waals surface area contributed by atoms with Crippen LogP contribution in [-0.4, -0.2) is 11.9 Å². The lowest BCUT2D eigenvalue weighted by molar-refractivity contribution is -0.117. The average molecular weight is 262 g/mol. The smallest absolute Gasteiger partial charge is 0.244 e. The van der Waals surface area contributed by atoms with Crippen LogP contribution >= 0.6 is 0 Å². The molecule has 4 heteroatoms. The van der Waals surface area contributed by atoms with Crippen LogP contribution in [0.5, 0.6) is 0 Å². The number of halogens is 1. The van der Waals surface area contributed by atoms with Crippen LogP contribution in [0.25, 0.3) is 6.08 Å². The Bertz CT molecular complexity index is 479. The fourth-order valence-electron chi connectivity index (χ4n) is 2.33. The molecule has 0 radical (unpaired) electrons. The number of anilines is 1. The summed E-state index contributed by atoms with van der Waals surface area (Å²) in [5, 5.41) is 2.98. The van der Waals surface area contributed by atoms with Crippen molar-refractivity contribution in [3.63, 3.8) is 0 Å². The molecule has 3 N–H and O–H groups in total. The third kappa shape index (κ3) is 4.09. The van der Waals surface area contributed by atoms with Crippen LogP contribution in [0.4, 0.5) is 10.1 Å². The lowest BCUT2D eigenvalue weighted by atomic mass is 9.95. The second-order valence-corrected chi connectivity index (χ2v) is 4.96. The first kappa shape index (κ1) is 13.6. The Morgan fingerprint density at radius 1 is 1.32 bits per heavy atom. The Kier molecular flexibility index (Phi) is 4.55. The molecule has 1 aromatic rings. The standard InChI is InChI=1S/C15H19FN2O/c16-13-8-6-11(10-14(13)17)7-9-15(19)18-12-4-2-1-3-5-12/h6-10,12H,1-5,17H2,(H,18,19)/b9-7+. The minimum absolute atomic E-state index is 0.0924. The van der Waals surface area contributed by atoms with E-state index in [1.54, 1.807) is 12.1 Å². The highest BCUT2D eigenvalue weighted by molar-refractivity contribution is 5.92. The van der Waals surface area contributed by atoms with Crippen molar-refractivity contribution in [1.29, 1.82) is 0 Å². The Morgan fingerprint density at radius 2 is 2.05 bits per heavy atom. The maximum atomic E-state index is 13.0. The van der Waals surface area contributed by atoms with Gasteiger partial charge in [0.25, 0.3) is 0 Å². The van der Waals surface area contributed by atoms with E-state index in [-0.39, 0.29) is 11.6 Å². The molecular weight excluding hydrogens is 243 g/mol. The molecule has 1 amide bonds. The van der Waals surface area contributed by atoms with E-state index in [1.165, 1.54) is 37.5 Å². The number of benzene rings is 1. The molecule has 19 heavy (non-hydrogen) atoms. The molecule has 0 aliphatic heterocycles. The summed E-state index contributed by atoms with van der Waals surface area (Å²) in [4.78, 5) is 11.7. The fraction of sp³-hybridized carbons (Fsp3) is 0.400. The van der Waals surface area contributed by atoms with E-state index in [4.69, 9.17) is 5.73 Å². The Labute approximate surface area is 112 Å². The minimum atomic E-state index is -0.441. The summed E-state index contributed by atoms with van der Waals surface area (Å²) in [6.45, 7) is 0. The number of nitrogens with one attached hydrogen (secondary N) is 1. The molecule has 1 aliphatic rings. The predicted molar refractivity (Wildman–Crippen MR) is 74.9 cm³/mol. The van der Waals surface area contributed by atoms with E-state index in [2.05, 4.69) is 5.32 Å². The van der Waals surface area contributed by atoms with Crippen LogP contribution in [0.15, 0.2) is 24.3 Å². The van der Waals surface area contributed by atoms with Crippen LogP contribution in [0.2, 0.25) is 0 Å². The molecule has 0 saturated heterocycles. The van der Waals surface area contributed by atoms with Crippen molar-refractivity contribution in [1.82, 2.24) is 5.32 Å². The topological polar surface area (TPSA) is 55.1 Å². The van der Waals surface area contributed by atoms with E-state index in [9.17, 15) is 9.18 Å². The Balaban J connectivity index is 1.90. The summed E-state index contributed by atoms with van der Waals surface area (Å²) in [5.41, 5.74) is 6.28. The zero-order valence-electron chi connectivity index (χ0n) is 10.9. The minimum Gasteiger partial charge on any atom is -0.396 e. The van der Waals surface area contributed by atoms with Crippen molar-refractivity contribution >= 4 is 17.7 Å². The highest BCUT2D eigenvalue weighted by Crippen LogP contribution is 2.17. The van der Waals surface area contributed by atoms with Gasteiger partial charge < -0.3 is 11.1 Å². The molecule has 2 rings (SSSR count). The van der Waals surface area contributed by atoms with Gasteiger partial charge in [0.15, 0.2) is 0 Å². The molecule has 0 aromatic heterocycles. The number of carbonyl (C=O) groups excluding carboxylic acids is 1. The molecule has 0 heterocycles. The lowest BCUT2D eigenvalue weighted by Gasteiger charge is -2.21. The van der Waals surface area contributed by atoms with Gasteiger partial charge in [-0.05, 0) is 36.6 Å². The number of nitrogen functional groups attached to an aromatic ring is 1. The van der Waals surface area contributed by atoms with Gasteiger partial charge in [-0.2, -0.15) is 0 Å². The van der Waals surface area contributed by atoms with Crippen LogP contribution < -0.4 is 11.1 Å². The van der Waals surface area contributed by atoms with Crippen LogP contribution in [0.1, 0.15) is 37.7 Å².